The van der Waals surface area contributed by atoms with Crippen molar-refractivity contribution in [3.8, 4) is 5.75 Å². The summed E-state index contributed by atoms with van der Waals surface area (Å²) in [5.41, 5.74) is 14.2. The number of aryl methyl sites for hydroxylation is 1. The number of pyridine rings is 1. The van der Waals surface area contributed by atoms with Gasteiger partial charge in [0.05, 0.1) is 16.5 Å². The third-order valence-corrected chi connectivity index (χ3v) is 6.96. The Kier molecular flexibility index (Phi) is 5.10. The third kappa shape index (κ3) is 3.64. The molecule has 2 unspecified atom stereocenters. The topological polar surface area (TPSA) is 103 Å². The van der Waals surface area contributed by atoms with Gasteiger partial charge in [-0.05, 0) is 71.6 Å². The summed E-state index contributed by atoms with van der Waals surface area (Å²) in [4.78, 5) is 15.4. The van der Waals surface area contributed by atoms with E-state index in [1.54, 1.807) is 0 Å². The first-order valence-electron chi connectivity index (χ1n) is 10.4. The number of nitrogen functional groups attached to an aromatic ring is 2. The summed E-state index contributed by atoms with van der Waals surface area (Å²) in [5.74, 6) is 3.16. The van der Waals surface area contributed by atoms with Crippen LogP contribution in [-0.2, 0) is 6.42 Å². The molecule has 1 aromatic carbocycles. The number of ether oxygens (including phenoxy) is 1. The number of hydrogen-bond acceptors (Lipinski definition) is 7. The maximum Gasteiger partial charge on any atom is 0.204 e. The summed E-state index contributed by atoms with van der Waals surface area (Å²) in [5, 5.41) is 1.10. The highest BCUT2D eigenvalue weighted by Gasteiger charge is 2.33. The highest BCUT2D eigenvalue weighted by molar-refractivity contribution is 9.10. The Bertz CT molecular complexity index is 1090. The van der Waals surface area contributed by atoms with Crippen molar-refractivity contribution >= 4 is 44.3 Å². The SMILES string of the molecule is Nc1nc2cc(CCC3CCC(N4CCOc5c(N)ncnc54)C3)ccc2cc1Br. The van der Waals surface area contributed by atoms with Crippen LogP contribution in [-0.4, -0.2) is 34.1 Å². The minimum Gasteiger partial charge on any atom is -0.485 e. The first kappa shape index (κ1) is 19.4. The molecule has 5 rings (SSSR count). The second-order valence-electron chi connectivity index (χ2n) is 8.21. The second kappa shape index (κ2) is 7.91. The van der Waals surface area contributed by atoms with Crippen LogP contribution in [0, 0.1) is 5.92 Å². The van der Waals surface area contributed by atoms with Crippen LogP contribution in [0.1, 0.15) is 31.2 Å². The molecule has 0 bridgehead atoms. The van der Waals surface area contributed by atoms with Crippen molar-refractivity contribution in [3.05, 3.63) is 40.6 Å². The lowest BCUT2D eigenvalue weighted by Gasteiger charge is -2.35. The maximum atomic E-state index is 5.98. The lowest BCUT2D eigenvalue weighted by molar-refractivity contribution is 0.296. The van der Waals surface area contributed by atoms with Gasteiger partial charge in [-0.3, -0.25) is 0 Å². The molecule has 0 amide bonds. The maximum absolute atomic E-state index is 5.98. The Morgan fingerprint density at radius 3 is 2.93 bits per heavy atom. The van der Waals surface area contributed by atoms with Gasteiger partial charge in [0.2, 0.25) is 5.75 Å². The third-order valence-electron chi connectivity index (χ3n) is 6.32. The van der Waals surface area contributed by atoms with E-state index in [0.29, 0.717) is 36.0 Å². The van der Waals surface area contributed by atoms with Crippen molar-refractivity contribution < 1.29 is 4.74 Å². The van der Waals surface area contributed by atoms with Crippen LogP contribution in [0.5, 0.6) is 5.75 Å². The van der Waals surface area contributed by atoms with E-state index in [9.17, 15) is 0 Å². The van der Waals surface area contributed by atoms with E-state index in [2.05, 4.69) is 54.0 Å². The van der Waals surface area contributed by atoms with Gasteiger partial charge in [-0.15, -0.1) is 0 Å². The van der Waals surface area contributed by atoms with Gasteiger partial charge in [0.25, 0.3) is 0 Å². The molecule has 4 N–H and O–H groups in total. The molecule has 3 aromatic rings. The zero-order valence-electron chi connectivity index (χ0n) is 16.7. The lowest BCUT2D eigenvalue weighted by Crippen LogP contribution is -2.40. The van der Waals surface area contributed by atoms with E-state index in [-0.39, 0.29) is 0 Å². The van der Waals surface area contributed by atoms with Crippen molar-refractivity contribution in [1.29, 1.82) is 0 Å². The zero-order chi connectivity index (χ0) is 20.7. The van der Waals surface area contributed by atoms with Gasteiger partial charge in [-0.25, -0.2) is 15.0 Å². The Hall–Kier alpha value is -2.61. The zero-order valence-corrected chi connectivity index (χ0v) is 18.3. The van der Waals surface area contributed by atoms with Crippen molar-refractivity contribution in [1.82, 2.24) is 15.0 Å². The number of nitrogens with two attached hydrogens (primary N) is 2. The van der Waals surface area contributed by atoms with Crippen LogP contribution in [0.15, 0.2) is 35.1 Å². The van der Waals surface area contributed by atoms with E-state index in [0.717, 1.165) is 34.2 Å². The number of benzene rings is 1. The molecule has 1 aliphatic carbocycles. The highest BCUT2D eigenvalue weighted by Crippen LogP contribution is 2.40. The van der Waals surface area contributed by atoms with E-state index in [1.807, 2.05) is 6.07 Å². The molecule has 8 heteroatoms. The molecular weight excluding hydrogens is 444 g/mol. The monoisotopic (exact) mass is 468 g/mol. The molecule has 0 saturated heterocycles. The summed E-state index contributed by atoms with van der Waals surface area (Å²) >= 11 is 3.45. The van der Waals surface area contributed by atoms with Gasteiger partial charge in [-0.2, -0.15) is 0 Å². The first-order chi connectivity index (χ1) is 14.6. The smallest absolute Gasteiger partial charge is 0.204 e. The number of aromatic nitrogens is 3. The molecule has 30 heavy (non-hydrogen) atoms. The van der Waals surface area contributed by atoms with Crippen molar-refractivity contribution in [3.63, 3.8) is 0 Å². The number of nitrogens with zero attached hydrogens (tertiary/aromatic N) is 4. The quantitative estimate of drug-likeness (QED) is 0.596. The van der Waals surface area contributed by atoms with Gasteiger partial charge in [0.1, 0.15) is 18.8 Å². The molecule has 2 aromatic heterocycles. The van der Waals surface area contributed by atoms with Crippen molar-refractivity contribution in [2.45, 2.75) is 38.1 Å². The minimum absolute atomic E-state index is 0.428. The van der Waals surface area contributed by atoms with Gasteiger partial charge < -0.3 is 21.1 Å². The Balaban J connectivity index is 1.24. The average molecular weight is 469 g/mol. The number of rotatable bonds is 4. The first-order valence-corrected chi connectivity index (χ1v) is 11.2. The molecule has 0 radical (unpaired) electrons. The Labute approximate surface area is 184 Å². The molecule has 3 heterocycles. The van der Waals surface area contributed by atoms with E-state index in [1.165, 1.54) is 37.6 Å². The Morgan fingerprint density at radius 1 is 1.13 bits per heavy atom. The van der Waals surface area contributed by atoms with Gasteiger partial charge >= 0.3 is 0 Å². The van der Waals surface area contributed by atoms with Crippen LogP contribution >= 0.6 is 15.9 Å². The van der Waals surface area contributed by atoms with Crippen LogP contribution in [0.4, 0.5) is 17.5 Å². The standard InChI is InChI=1S/C22H25BrN6O/c23-17-11-15-5-3-14(10-18(15)28-20(17)24)2-1-13-4-6-16(9-13)29-7-8-30-19-21(25)26-12-27-22(19)29/h3,5,10-13,16H,1-2,4,6-9H2,(H2,24,28)(H2,25,26,27). The average Bonchev–Trinajstić information content (AvgIpc) is 3.22. The van der Waals surface area contributed by atoms with Crippen molar-refractivity contribution in [2.24, 2.45) is 5.92 Å². The molecule has 156 valence electrons. The summed E-state index contributed by atoms with van der Waals surface area (Å²) in [6.07, 6.45) is 7.36. The summed E-state index contributed by atoms with van der Waals surface area (Å²) < 4.78 is 6.56. The molecule has 1 saturated carbocycles. The molecule has 7 nitrogen and oxygen atoms in total. The van der Waals surface area contributed by atoms with Crippen LogP contribution < -0.4 is 21.1 Å². The van der Waals surface area contributed by atoms with Gasteiger partial charge in [0, 0.05) is 11.4 Å². The fourth-order valence-corrected chi connectivity index (χ4v) is 5.09. The van der Waals surface area contributed by atoms with Gasteiger partial charge in [-0.1, -0.05) is 12.1 Å². The molecule has 1 fully saturated rings. The highest BCUT2D eigenvalue weighted by atomic mass is 79.9. The summed E-state index contributed by atoms with van der Waals surface area (Å²) in [6.45, 7) is 1.49. The van der Waals surface area contributed by atoms with Crippen LogP contribution in [0.25, 0.3) is 10.9 Å². The predicted octanol–water partition coefficient (Wildman–Crippen LogP) is 3.95. The predicted molar refractivity (Wildman–Crippen MR) is 123 cm³/mol. The molecule has 0 spiro atoms. The summed E-state index contributed by atoms with van der Waals surface area (Å²) in [6, 6.07) is 9.02. The minimum atomic E-state index is 0.428. The van der Waals surface area contributed by atoms with E-state index in [4.69, 9.17) is 16.2 Å². The molecule has 1 aliphatic heterocycles. The number of fused-ring (bicyclic) bond motifs is 2. The summed E-state index contributed by atoms with van der Waals surface area (Å²) in [7, 11) is 0. The lowest BCUT2D eigenvalue weighted by atomic mass is 9.97. The van der Waals surface area contributed by atoms with E-state index < -0.39 is 0 Å². The van der Waals surface area contributed by atoms with Gasteiger partial charge in [0.15, 0.2) is 11.6 Å². The second-order valence-corrected chi connectivity index (χ2v) is 9.06. The number of halogens is 1. The van der Waals surface area contributed by atoms with E-state index >= 15 is 0 Å². The molecular formula is C22H25BrN6O. The number of anilines is 3. The van der Waals surface area contributed by atoms with Crippen LogP contribution in [0.3, 0.4) is 0 Å². The number of hydrogen-bond donors (Lipinski definition) is 2. The van der Waals surface area contributed by atoms with Crippen LogP contribution in [0.2, 0.25) is 0 Å². The fraction of sp³-hybridized carbons (Fsp3) is 0.409. The molecule has 2 aliphatic rings. The largest absolute Gasteiger partial charge is 0.485 e. The fourth-order valence-electron chi connectivity index (χ4n) is 4.75. The Morgan fingerprint density at radius 2 is 2.03 bits per heavy atom. The van der Waals surface area contributed by atoms with Crippen molar-refractivity contribution in [2.75, 3.05) is 29.5 Å². The molecule has 2 atom stereocenters. The normalized spacial score (nSPS) is 20.9.